The molecule has 0 aliphatic carbocycles. The summed E-state index contributed by atoms with van der Waals surface area (Å²) in [6.45, 7) is -0.103. The Kier molecular flexibility index (Phi) is 2.20. The molecule has 2 heterocycles. The van der Waals surface area contributed by atoms with Gasteiger partial charge in [-0.05, 0) is 11.4 Å². The first kappa shape index (κ1) is 8.52. The lowest BCUT2D eigenvalue weighted by molar-refractivity contribution is 0.121. The third kappa shape index (κ3) is 1.52. The van der Waals surface area contributed by atoms with Crippen molar-refractivity contribution in [1.29, 1.82) is 0 Å². The van der Waals surface area contributed by atoms with Gasteiger partial charge in [0, 0.05) is 4.88 Å². The van der Waals surface area contributed by atoms with Gasteiger partial charge in [-0.1, -0.05) is 6.07 Å². The van der Waals surface area contributed by atoms with Crippen molar-refractivity contribution < 1.29 is 14.6 Å². The molecule has 1 aliphatic rings. The summed E-state index contributed by atoms with van der Waals surface area (Å²) in [5, 5.41) is 13.4. The molecule has 1 aliphatic heterocycles. The molecule has 2 rings (SSSR count). The summed E-state index contributed by atoms with van der Waals surface area (Å²) in [7, 11) is 0. The highest BCUT2D eigenvalue weighted by atomic mass is 32.1. The molecule has 0 radical (unpaired) electrons. The van der Waals surface area contributed by atoms with Gasteiger partial charge in [-0.15, -0.1) is 11.3 Å². The van der Waals surface area contributed by atoms with Gasteiger partial charge in [0.2, 0.25) is 0 Å². The van der Waals surface area contributed by atoms with Crippen molar-refractivity contribution in [2.75, 3.05) is 6.61 Å². The normalized spacial score (nSPS) is 27.0. The van der Waals surface area contributed by atoms with Crippen LogP contribution in [0, 0.1) is 0 Å². The molecular weight excluding hydrogens is 190 g/mol. The fourth-order valence-electron chi connectivity index (χ4n) is 1.31. The van der Waals surface area contributed by atoms with E-state index in [1.807, 2.05) is 17.5 Å². The van der Waals surface area contributed by atoms with Crippen LogP contribution in [0.4, 0.5) is 4.79 Å². The number of ether oxygens (including phenoxy) is 1. The Bertz CT molecular complexity index is 298. The summed E-state index contributed by atoms with van der Waals surface area (Å²) in [5.74, 6) is 0. The predicted octanol–water partition coefficient (Wildman–Crippen LogP) is 0.890. The second kappa shape index (κ2) is 3.35. The van der Waals surface area contributed by atoms with Crippen LogP contribution < -0.4 is 5.32 Å². The smallest absolute Gasteiger partial charge is 0.408 e. The van der Waals surface area contributed by atoms with E-state index in [2.05, 4.69) is 5.32 Å². The summed E-state index contributed by atoms with van der Waals surface area (Å²) in [4.78, 5) is 11.8. The quantitative estimate of drug-likeness (QED) is 0.743. The van der Waals surface area contributed by atoms with Gasteiger partial charge < -0.3 is 15.2 Å². The number of nitrogens with one attached hydrogen (secondary N) is 1. The Hall–Kier alpha value is -1.07. The average molecular weight is 199 g/mol. The van der Waals surface area contributed by atoms with Crippen LogP contribution in [0.1, 0.15) is 11.0 Å². The van der Waals surface area contributed by atoms with Crippen molar-refractivity contribution >= 4 is 17.4 Å². The standard InChI is InChI=1S/C8H9NO3S/c10-4-5-7(12-8(11)9-5)6-2-1-3-13-6/h1-3,5,7,10H,4H2,(H,9,11)/t5-,7+/m1/s1. The molecule has 2 atom stereocenters. The molecule has 0 bridgehead atoms. The molecule has 0 unspecified atom stereocenters. The summed E-state index contributed by atoms with van der Waals surface area (Å²) in [5.41, 5.74) is 0. The topological polar surface area (TPSA) is 58.6 Å². The molecule has 1 fully saturated rings. The minimum Gasteiger partial charge on any atom is -0.438 e. The number of aliphatic hydroxyl groups is 1. The van der Waals surface area contributed by atoms with Gasteiger partial charge in [-0.3, -0.25) is 0 Å². The number of cyclic esters (lactones) is 1. The van der Waals surface area contributed by atoms with Crippen LogP contribution in [0.2, 0.25) is 0 Å². The maximum Gasteiger partial charge on any atom is 0.408 e. The maximum atomic E-state index is 10.9. The van der Waals surface area contributed by atoms with Crippen molar-refractivity contribution in [3.8, 4) is 0 Å². The van der Waals surface area contributed by atoms with E-state index < -0.39 is 6.09 Å². The van der Waals surface area contributed by atoms with E-state index in [0.717, 1.165) is 4.88 Å². The number of amides is 1. The van der Waals surface area contributed by atoms with Gasteiger partial charge in [-0.2, -0.15) is 0 Å². The molecular formula is C8H9NO3S. The predicted molar refractivity (Wildman–Crippen MR) is 47.6 cm³/mol. The second-order valence-electron chi connectivity index (χ2n) is 2.77. The van der Waals surface area contributed by atoms with Crippen LogP contribution in [0.15, 0.2) is 17.5 Å². The van der Waals surface area contributed by atoms with Gasteiger partial charge in [0.1, 0.15) is 0 Å². The summed E-state index contributed by atoms with van der Waals surface area (Å²) < 4.78 is 5.01. The lowest BCUT2D eigenvalue weighted by atomic mass is 10.1. The molecule has 70 valence electrons. The maximum absolute atomic E-state index is 10.9. The van der Waals surface area contributed by atoms with Crippen LogP contribution in [0.25, 0.3) is 0 Å². The Morgan fingerprint density at radius 1 is 1.69 bits per heavy atom. The Morgan fingerprint density at radius 3 is 3.15 bits per heavy atom. The summed E-state index contributed by atoms with van der Waals surface area (Å²) in [6, 6.07) is 3.46. The van der Waals surface area contributed by atoms with Gasteiger partial charge in [0.15, 0.2) is 6.10 Å². The zero-order chi connectivity index (χ0) is 9.26. The molecule has 0 saturated carbocycles. The molecule has 13 heavy (non-hydrogen) atoms. The lowest BCUT2D eigenvalue weighted by Gasteiger charge is -2.11. The molecule has 2 N–H and O–H groups in total. The number of hydrogen-bond acceptors (Lipinski definition) is 4. The van der Waals surface area contributed by atoms with Gasteiger partial charge in [-0.25, -0.2) is 4.79 Å². The van der Waals surface area contributed by atoms with E-state index in [1.54, 1.807) is 0 Å². The van der Waals surface area contributed by atoms with Gasteiger partial charge in [0.25, 0.3) is 0 Å². The van der Waals surface area contributed by atoms with E-state index in [1.165, 1.54) is 11.3 Å². The lowest BCUT2D eigenvalue weighted by Crippen LogP contribution is -2.30. The molecule has 1 aromatic rings. The van der Waals surface area contributed by atoms with Crippen LogP contribution in [-0.2, 0) is 4.74 Å². The molecule has 1 saturated heterocycles. The number of rotatable bonds is 2. The van der Waals surface area contributed by atoms with E-state index >= 15 is 0 Å². The zero-order valence-electron chi connectivity index (χ0n) is 6.77. The molecule has 4 nitrogen and oxygen atoms in total. The number of carbonyl (C=O) groups is 1. The van der Waals surface area contributed by atoms with Crippen LogP contribution in [0.3, 0.4) is 0 Å². The zero-order valence-corrected chi connectivity index (χ0v) is 7.58. The van der Waals surface area contributed by atoms with Crippen LogP contribution in [-0.4, -0.2) is 23.8 Å². The highest BCUT2D eigenvalue weighted by molar-refractivity contribution is 7.10. The summed E-state index contributed by atoms with van der Waals surface area (Å²) >= 11 is 1.51. The van der Waals surface area contributed by atoms with Crippen molar-refractivity contribution in [1.82, 2.24) is 5.32 Å². The molecule has 5 heteroatoms. The first-order valence-corrected chi connectivity index (χ1v) is 4.80. The third-order valence-electron chi connectivity index (χ3n) is 1.92. The van der Waals surface area contributed by atoms with Crippen LogP contribution >= 0.6 is 11.3 Å². The van der Waals surface area contributed by atoms with E-state index in [-0.39, 0.29) is 18.8 Å². The summed E-state index contributed by atoms with van der Waals surface area (Å²) in [6.07, 6.45) is -0.796. The number of thiophene rings is 1. The highest BCUT2D eigenvalue weighted by Gasteiger charge is 2.35. The number of hydrogen-bond donors (Lipinski definition) is 2. The number of carbonyl (C=O) groups excluding carboxylic acids is 1. The van der Waals surface area contributed by atoms with Crippen LogP contribution in [0.5, 0.6) is 0 Å². The monoisotopic (exact) mass is 199 g/mol. The highest BCUT2D eigenvalue weighted by Crippen LogP contribution is 2.29. The van der Waals surface area contributed by atoms with Crippen molar-refractivity contribution in [3.05, 3.63) is 22.4 Å². The fraction of sp³-hybridized carbons (Fsp3) is 0.375. The third-order valence-corrected chi connectivity index (χ3v) is 2.86. The van der Waals surface area contributed by atoms with Gasteiger partial charge >= 0.3 is 6.09 Å². The largest absolute Gasteiger partial charge is 0.438 e. The first-order valence-electron chi connectivity index (χ1n) is 3.92. The second-order valence-corrected chi connectivity index (χ2v) is 3.75. The van der Waals surface area contributed by atoms with E-state index in [4.69, 9.17) is 9.84 Å². The van der Waals surface area contributed by atoms with Crippen molar-refractivity contribution in [2.24, 2.45) is 0 Å². The van der Waals surface area contributed by atoms with Crippen molar-refractivity contribution in [3.63, 3.8) is 0 Å². The Balaban J connectivity index is 2.19. The number of alkyl carbamates (subject to hydrolysis) is 1. The van der Waals surface area contributed by atoms with E-state index in [0.29, 0.717) is 0 Å². The van der Waals surface area contributed by atoms with E-state index in [9.17, 15) is 4.79 Å². The first-order chi connectivity index (χ1) is 6.31. The number of aliphatic hydroxyl groups excluding tert-OH is 1. The Labute approximate surface area is 79.1 Å². The van der Waals surface area contributed by atoms with Crippen molar-refractivity contribution in [2.45, 2.75) is 12.1 Å². The fourth-order valence-corrected chi connectivity index (χ4v) is 2.13. The SMILES string of the molecule is O=C1N[C@H](CO)[C@@H](c2cccs2)O1. The molecule has 1 aromatic heterocycles. The molecule has 0 aromatic carbocycles. The molecule has 0 spiro atoms. The molecule has 1 amide bonds. The Morgan fingerprint density at radius 2 is 2.54 bits per heavy atom. The average Bonchev–Trinajstić information content (AvgIpc) is 2.71. The minimum atomic E-state index is -0.461. The minimum absolute atomic E-state index is 0.103. The van der Waals surface area contributed by atoms with Gasteiger partial charge in [0.05, 0.1) is 12.6 Å².